The molecule has 0 aromatic carbocycles. The molecule has 2 fully saturated rings. The molecule has 2 heterocycles. The first-order chi connectivity index (χ1) is 9.78. The molecule has 1 aliphatic carbocycles. The zero-order chi connectivity index (χ0) is 13.9. The van der Waals surface area contributed by atoms with Gasteiger partial charge in [-0.05, 0) is 51.3 Å². The fourth-order valence-corrected chi connectivity index (χ4v) is 3.00. The summed E-state index contributed by atoms with van der Waals surface area (Å²) >= 11 is 0. The van der Waals surface area contributed by atoms with Crippen LogP contribution in [0.2, 0.25) is 0 Å². The monoisotopic (exact) mass is 276 g/mol. The number of carbonyl (C=O) groups excluding carboxylic acids is 1. The number of hydrogen-bond acceptors (Lipinski definition) is 3. The van der Waals surface area contributed by atoms with Gasteiger partial charge in [0.15, 0.2) is 0 Å². The van der Waals surface area contributed by atoms with Crippen LogP contribution in [0, 0.1) is 0 Å². The van der Waals surface area contributed by atoms with Gasteiger partial charge in [-0.15, -0.1) is 0 Å². The predicted octanol–water partition coefficient (Wildman–Crippen LogP) is 1.89. The Balaban J connectivity index is 1.51. The van der Waals surface area contributed by atoms with Crippen LogP contribution < -0.4 is 5.32 Å². The van der Waals surface area contributed by atoms with Crippen LogP contribution in [0.5, 0.6) is 0 Å². The van der Waals surface area contributed by atoms with Gasteiger partial charge in [0.2, 0.25) is 0 Å². The lowest BCUT2D eigenvalue weighted by atomic mass is 10.2. The molecule has 5 heteroatoms. The number of rotatable bonds is 6. The van der Waals surface area contributed by atoms with Gasteiger partial charge in [-0.25, -0.2) is 0 Å². The van der Waals surface area contributed by atoms with Crippen LogP contribution in [0.25, 0.3) is 0 Å². The van der Waals surface area contributed by atoms with Gasteiger partial charge in [-0.3, -0.25) is 14.8 Å². The Morgan fingerprint density at radius 2 is 2.25 bits per heavy atom. The van der Waals surface area contributed by atoms with Crippen molar-refractivity contribution in [1.82, 2.24) is 20.4 Å². The van der Waals surface area contributed by atoms with E-state index in [1.165, 1.54) is 38.8 Å². The smallest absolute Gasteiger partial charge is 0.271 e. The molecular formula is C15H24N4O. The zero-order valence-corrected chi connectivity index (χ0v) is 12.2. The molecule has 1 aromatic heterocycles. The molecule has 1 atom stereocenters. The minimum atomic E-state index is -0.0502. The first kappa shape index (κ1) is 13.6. The highest BCUT2D eigenvalue weighted by molar-refractivity contribution is 5.92. The summed E-state index contributed by atoms with van der Waals surface area (Å²) in [6, 6.07) is 2.37. The summed E-state index contributed by atoms with van der Waals surface area (Å²) in [7, 11) is 0. The molecule has 5 nitrogen and oxygen atoms in total. The van der Waals surface area contributed by atoms with Crippen molar-refractivity contribution < 1.29 is 4.79 Å². The quantitative estimate of drug-likeness (QED) is 0.834. The highest BCUT2D eigenvalue weighted by Crippen LogP contribution is 2.38. The maximum atomic E-state index is 12.1. The summed E-state index contributed by atoms with van der Waals surface area (Å²) in [6.45, 7) is 5.25. The third-order valence-corrected chi connectivity index (χ3v) is 4.47. The number of H-pyrrole nitrogens is 1. The molecule has 0 bridgehead atoms. The molecule has 1 saturated heterocycles. The van der Waals surface area contributed by atoms with E-state index < -0.39 is 0 Å². The molecule has 1 aliphatic heterocycles. The molecule has 2 N–H and O–H groups in total. The lowest BCUT2D eigenvalue weighted by Crippen LogP contribution is -2.42. The van der Waals surface area contributed by atoms with Crippen LogP contribution in [0.1, 0.15) is 61.1 Å². The summed E-state index contributed by atoms with van der Waals surface area (Å²) in [4.78, 5) is 14.6. The minimum Gasteiger partial charge on any atom is -0.349 e. The van der Waals surface area contributed by atoms with Crippen molar-refractivity contribution in [2.24, 2.45) is 0 Å². The number of likely N-dealkylation sites (tertiary alicyclic amines) is 1. The van der Waals surface area contributed by atoms with Crippen molar-refractivity contribution in [1.29, 1.82) is 0 Å². The van der Waals surface area contributed by atoms with E-state index in [4.69, 9.17) is 0 Å². The van der Waals surface area contributed by atoms with Crippen LogP contribution >= 0.6 is 0 Å². The summed E-state index contributed by atoms with van der Waals surface area (Å²) in [5, 5.41) is 10.1. The maximum Gasteiger partial charge on any atom is 0.271 e. The van der Waals surface area contributed by atoms with Gasteiger partial charge in [0.25, 0.3) is 5.91 Å². The molecule has 1 unspecified atom stereocenters. The normalized spacial score (nSPS) is 21.1. The van der Waals surface area contributed by atoms with Crippen molar-refractivity contribution in [2.75, 3.05) is 19.6 Å². The number of aromatic nitrogens is 2. The second-order valence-electron chi connectivity index (χ2n) is 6.00. The van der Waals surface area contributed by atoms with E-state index in [1.807, 2.05) is 6.07 Å². The fourth-order valence-electron chi connectivity index (χ4n) is 3.00. The Morgan fingerprint density at radius 3 is 2.90 bits per heavy atom. The van der Waals surface area contributed by atoms with Gasteiger partial charge in [-0.2, -0.15) is 5.10 Å². The van der Waals surface area contributed by atoms with Crippen LogP contribution in [-0.2, 0) is 0 Å². The predicted molar refractivity (Wildman–Crippen MR) is 77.8 cm³/mol. The highest BCUT2D eigenvalue weighted by Gasteiger charge is 2.27. The molecule has 20 heavy (non-hydrogen) atoms. The average Bonchev–Trinajstić information content (AvgIpc) is 2.97. The van der Waals surface area contributed by atoms with Crippen molar-refractivity contribution in [2.45, 2.75) is 51.0 Å². The van der Waals surface area contributed by atoms with Gasteiger partial charge < -0.3 is 5.32 Å². The van der Waals surface area contributed by atoms with Gasteiger partial charge in [0, 0.05) is 24.2 Å². The maximum absolute atomic E-state index is 12.1. The fraction of sp³-hybridized carbons (Fsp3) is 0.733. The Kier molecular flexibility index (Phi) is 4.05. The van der Waals surface area contributed by atoms with E-state index in [2.05, 4.69) is 27.3 Å². The first-order valence-corrected chi connectivity index (χ1v) is 7.85. The highest BCUT2D eigenvalue weighted by atomic mass is 16.1. The van der Waals surface area contributed by atoms with Crippen molar-refractivity contribution >= 4 is 5.91 Å². The van der Waals surface area contributed by atoms with Crippen LogP contribution in [0.15, 0.2) is 6.07 Å². The van der Waals surface area contributed by atoms with E-state index in [0.717, 1.165) is 18.7 Å². The van der Waals surface area contributed by atoms with Crippen LogP contribution in [-0.4, -0.2) is 46.7 Å². The van der Waals surface area contributed by atoms with E-state index in [0.29, 0.717) is 17.7 Å². The Bertz CT molecular complexity index is 460. The molecular weight excluding hydrogens is 252 g/mol. The lowest BCUT2D eigenvalue weighted by Gasteiger charge is -2.26. The van der Waals surface area contributed by atoms with Gasteiger partial charge >= 0.3 is 0 Å². The number of amides is 1. The molecule has 1 aromatic rings. The molecule has 2 aliphatic rings. The van der Waals surface area contributed by atoms with Crippen molar-refractivity contribution in [3.8, 4) is 0 Å². The Hall–Kier alpha value is -1.36. The van der Waals surface area contributed by atoms with E-state index in [-0.39, 0.29) is 5.91 Å². The summed E-state index contributed by atoms with van der Waals surface area (Å²) in [5.74, 6) is 0.558. The third kappa shape index (κ3) is 3.03. The van der Waals surface area contributed by atoms with Gasteiger partial charge in [0.1, 0.15) is 5.69 Å². The standard InChI is InChI=1S/C15H24N4O/c1-2-12(19-7-3-4-8-19)10-16-15(20)14-9-13(17-18-14)11-5-6-11/h9,11-12H,2-8,10H2,1H3,(H,16,20)(H,17,18). The molecule has 0 spiro atoms. The lowest BCUT2D eigenvalue weighted by molar-refractivity contribution is 0.0932. The zero-order valence-electron chi connectivity index (χ0n) is 12.2. The van der Waals surface area contributed by atoms with E-state index in [1.54, 1.807) is 0 Å². The summed E-state index contributed by atoms with van der Waals surface area (Å²) in [5.41, 5.74) is 1.64. The van der Waals surface area contributed by atoms with E-state index >= 15 is 0 Å². The van der Waals surface area contributed by atoms with Crippen LogP contribution in [0.4, 0.5) is 0 Å². The van der Waals surface area contributed by atoms with Crippen molar-refractivity contribution in [3.63, 3.8) is 0 Å². The van der Waals surface area contributed by atoms with E-state index in [9.17, 15) is 4.79 Å². The first-order valence-electron chi connectivity index (χ1n) is 7.85. The number of carbonyl (C=O) groups is 1. The minimum absolute atomic E-state index is 0.0502. The molecule has 3 rings (SSSR count). The van der Waals surface area contributed by atoms with Gasteiger partial charge in [-0.1, -0.05) is 6.92 Å². The second kappa shape index (κ2) is 5.95. The summed E-state index contributed by atoms with van der Waals surface area (Å²) < 4.78 is 0. The largest absolute Gasteiger partial charge is 0.349 e. The molecule has 1 amide bonds. The molecule has 0 radical (unpaired) electrons. The number of nitrogens with one attached hydrogen (secondary N) is 2. The molecule has 1 saturated carbocycles. The third-order valence-electron chi connectivity index (χ3n) is 4.47. The molecule has 110 valence electrons. The summed E-state index contributed by atoms with van der Waals surface area (Å²) in [6.07, 6.45) is 6.09. The van der Waals surface area contributed by atoms with Gasteiger partial charge in [0.05, 0.1) is 0 Å². The average molecular weight is 276 g/mol. The second-order valence-corrected chi connectivity index (χ2v) is 6.00. The SMILES string of the molecule is CCC(CNC(=O)c1cc(C2CC2)[nH]n1)N1CCCC1. The Labute approximate surface area is 120 Å². The van der Waals surface area contributed by atoms with Crippen LogP contribution in [0.3, 0.4) is 0 Å². The topological polar surface area (TPSA) is 61.0 Å². The number of nitrogens with zero attached hydrogens (tertiary/aromatic N) is 2. The number of hydrogen-bond donors (Lipinski definition) is 2. The Morgan fingerprint density at radius 1 is 1.50 bits per heavy atom. The van der Waals surface area contributed by atoms with Crippen molar-refractivity contribution in [3.05, 3.63) is 17.5 Å². The number of aromatic amines is 1.